The molecule has 0 aliphatic heterocycles. The first-order valence-corrected chi connectivity index (χ1v) is 6.78. The molecule has 0 heterocycles. The highest BCUT2D eigenvalue weighted by molar-refractivity contribution is 6.44. The Kier molecular flexibility index (Phi) is 4.53. The number of nitrogen functional groups attached to an aromatic ring is 1. The van der Waals surface area contributed by atoms with Gasteiger partial charge < -0.3 is 10.6 Å². The van der Waals surface area contributed by atoms with Gasteiger partial charge in [-0.15, -0.1) is 0 Å². The average molecular weight is 309 g/mol. The van der Waals surface area contributed by atoms with Gasteiger partial charge in [-0.05, 0) is 17.7 Å². The summed E-state index contributed by atoms with van der Waals surface area (Å²) in [6.07, 6.45) is 0. The first kappa shape index (κ1) is 14.7. The van der Waals surface area contributed by atoms with Gasteiger partial charge in [0.1, 0.15) is 0 Å². The zero-order valence-electron chi connectivity index (χ0n) is 10.9. The molecule has 0 radical (unpaired) electrons. The standard InChI is InChI=1S/C15H14Cl2N2O/c1-19(9-10-5-3-2-4-6-10)15(20)12-7-11(18)8-13(16)14(12)17/h2-8H,9,18H2,1H3. The van der Waals surface area contributed by atoms with Gasteiger partial charge in [-0.1, -0.05) is 53.5 Å². The highest BCUT2D eigenvalue weighted by atomic mass is 35.5. The SMILES string of the molecule is CN(Cc1ccccc1)C(=O)c1cc(N)cc(Cl)c1Cl. The number of anilines is 1. The van der Waals surface area contributed by atoms with E-state index in [4.69, 9.17) is 28.9 Å². The summed E-state index contributed by atoms with van der Waals surface area (Å²) >= 11 is 12.0. The van der Waals surface area contributed by atoms with E-state index in [2.05, 4.69) is 0 Å². The van der Waals surface area contributed by atoms with Crippen molar-refractivity contribution in [2.24, 2.45) is 0 Å². The molecule has 0 unspecified atom stereocenters. The van der Waals surface area contributed by atoms with Gasteiger partial charge in [0.15, 0.2) is 0 Å². The van der Waals surface area contributed by atoms with Crippen molar-refractivity contribution < 1.29 is 4.79 Å². The maximum absolute atomic E-state index is 12.4. The third-order valence-electron chi connectivity index (χ3n) is 2.89. The van der Waals surface area contributed by atoms with Gasteiger partial charge in [-0.25, -0.2) is 0 Å². The largest absolute Gasteiger partial charge is 0.399 e. The number of amides is 1. The summed E-state index contributed by atoms with van der Waals surface area (Å²) < 4.78 is 0. The minimum Gasteiger partial charge on any atom is -0.399 e. The van der Waals surface area contributed by atoms with Crippen LogP contribution in [0.5, 0.6) is 0 Å². The Bertz CT molecular complexity index is 629. The fourth-order valence-electron chi connectivity index (χ4n) is 1.90. The fourth-order valence-corrected chi connectivity index (χ4v) is 2.32. The van der Waals surface area contributed by atoms with Crippen molar-refractivity contribution in [3.05, 3.63) is 63.6 Å². The van der Waals surface area contributed by atoms with Gasteiger partial charge in [0, 0.05) is 19.3 Å². The van der Waals surface area contributed by atoms with Crippen molar-refractivity contribution in [2.45, 2.75) is 6.54 Å². The third kappa shape index (κ3) is 3.24. The van der Waals surface area contributed by atoms with Crippen LogP contribution in [-0.2, 0) is 6.54 Å². The molecule has 2 aromatic rings. The van der Waals surface area contributed by atoms with Crippen LogP contribution in [-0.4, -0.2) is 17.9 Å². The Hall–Kier alpha value is -1.71. The van der Waals surface area contributed by atoms with Crippen LogP contribution in [0.4, 0.5) is 5.69 Å². The molecule has 20 heavy (non-hydrogen) atoms. The lowest BCUT2D eigenvalue weighted by Gasteiger charge is -2.18. The van der Waals surface area contributed by atoms with Crippen LogP contribution in [0.25, 0.3) is 0 Å². The molecule has 5 heteroatoms. The minimum absolute atomic E-state index is 0.215. The van der Waals surface area contributed by atoms with Crippen LogP contribution in [0, 0.1) is 0 Å². The summed E-state index contributed by atoms with van der Waals surface area (Å²) in [6, 6.07) is 12.8. The quantitative estimate of drug-likeness (QED) is 0.875. The molecule has 0 atom stereocenters. The molecule has 2 rings (SSSR count). The number of rotatable bonds is 3. The number of hydrogen-bond donors (Lipinski definition) is 1. The van der Waals surface area contributed by atoms with Gasteiger partial charge in [0.05, 0.1) is 15.6 Å². The molecule has 1 amide bonds. The maximum atomic E-state index is 12.4. The second-order valence-corrected chi connectivity index (χ2v) is 5.30. The summed E-state index contributed by atoms with van der Waals surface area (Å²) in [5, 5.41) is 0.508. The number of hydrogen-bond acceptors (Lipinski definition) is 2. The van der Waals surface area contributed by atoms with Gasteiger partial charge in [0.25, 0.3) is 5.91 Å². The molecule has 0 fully saturated rings. The number of carbonyl (C=O) groups excluding carboxylic acids is 1. The Balaban J connectivity index is 2.23. The van der Waals surface area contributed by atoms with Gasteiger partial charge in [-0.3, -0.25) is 4.79 Å². The molecule has 0 aromatic heterocycles. The van der Waals surface area contributed by atoms with E-state index in [1.54, 1.807) is 11.9 Å². The number of halogens is 2. The lowest BCUT2D eigenvalue weighted by atomic mass is 10.1. The third-order valence-corrected chi connectivity index (χ3v) is 3.69. The molecule has 0 aliphatic carbocycles. The smallest absolute Gasteiger partial charge is 0.255 e. The zero-order chi connectivity index (χ0) is 14.7. The number of nitrogens with two attached hydrogens (primary N) is 1. The zero-order valence-corrected chi connectivity index (χ0v) is 12.4. The topological polar surface area (TPSA) is 46.3 Å². The average Bonchev–Trinajstić information content (AvgIpc) is 2.43. The minimum atomic E-state index is -0.215. The molecule has 2 aromatic carbocycles. The maximum Gasteiger partial charge on any atom is 0.255 e. The van der Waals surface area contributed by atoms with Crippen molar-refractivity contribution in [1.29, 1.82) is 0 Å². The second kappa shape index (κ2) is 6.16. The van der Waals surface area contributed by atoms with Crippen LogP contribution in [0.15, 0.2) is 42.5 Å². The van der Waals surface area contributed by atoms with E-state index in [9.17, 15) is 4.79 Å². The number of carbonyl (C=O) groups is 1. The predicted octanol–water partition coefficient (Wildman–Crippen LogP) is 3.85. The summed E-state index contributed by atoms with van der Waals surface area (Å²) in [5.41, 5.74) is 7.47. The molecular weight excluding hydrogens is 295 g/mol. The van der Waals surface area contributed by atoms with Crippen LogP contribution in [0.2, 0.25) is 10.0 Å². The molecular formula is C15H14Cl2N2O. The summed E-state index contributed by atoms with van der Waals surface area (Å²) in [6.45, 7) is 0.489. The summed E-state index contributed by atoms with van der Waals surface area (Å²) in [4.78, 5) is 14.0. The van der Waals surface area contributed by atoms with E-state index in [-0.39, 0.29) is 16.0 Å². The van der Waals surface area contributed by atoms with Crippen molar-refractivity contribution in [1.82, 2.24) is 4.90 Å². The van der Waals surface area contributed by atoms with E-state index < -0.39 is 0 Å². The van der Waals surface area contributed by atoms with Crippen LogP contribution >= 0.6 is 23.2 Å². The first-order valence-electron chi connectivity index (χ1n) is 6.03. The number of nitrogens with zero attached hydrogens (tertiary/aromatic N) is 1. The highest BCUT2D eigenvalue weighted by Crippen LogP contribution is 2.29. The van der Waals surface area contributed by atoms with E-state index >= 15 is 0 Å². The molecule has 3 nitrogen and oxygen atoms in total. The molecule has 0 saturated heterocycles. The summed E-state index contributed by atoms with van der Waals surface area (Å²) in [5.74, 6) is -0.215. The van der Waals surface area contributed by atoms with Crippen molar-refractivity contribution in [3.63, 3.8) is 0 Å². The molecule has 0 aliphatic rings. The Labute approximate surface area is 127 Å². The van der Waals surface area contributed by atoms with Gasteiger partial charge in [0.2, 0.25) is 0 Å². The normalized spacial score (nSPS) is 10.3. The Morgan fingerprint density at radius 2 is 1.85 bits per heavy atom. The van der Waals surface area contributed by atoms with Crippen LogP contribution < -0.4 is 5.73 Å². The van der Waals surface area contributed by atoms with E-state index in [0.717, 1.165) is 5.56 Å². The fraction of sp³-hybridized carbons (Fsp3) is 0.133. The highest BCUT2D eigenvalue weighted by Gasteiger charge is 2.18. The second-order valence-electron chi connectivity index (χ2n) is 4.51. The van der Waals surface area contributed by atoms with Crippen molar-refractivity contribution >= 4 is 34.8 Å². The van der Waals surface area contributed by atoms with E-state index in [1.807, 2.05) is 30.3 Å². The lowest BCUT2D eigenvalue weighted by Crippen LogP contribution is -2.26. The monoisotopic (exact) mass is 308 g/mol. The van der Waals surface area contributed by atoms with Crippen LogP contribution in [0.1, 0.15) is 15.9 Å². The predicted molar refractivity (Wildman–Crippen MR) is 83.1 cm³/mol. The molecule has 2 N–H and O–H groups in total. The molecule has 0 spiro atoms. The van der Waals surface area contributed by atoms with Crippen molar-refractivity contribution in [2.75, 3.05) is 12.8 Å². The molecule has 104 valence electrons. The van der Waals surface area contributed by atoms with Crippen molar-refractivity contribution in [3.8, 4) is 0 Å². The lowest BCUT2D eigenvalue weighted by molar-refractivity contribution is 0.0785. The summed E-state index contributed by atoms with van der Waals surface area (Å²) in [7, 11) is 1.71. The van der Waals surface area contributed by atoms with Crippen LogP contribution in [0.3, 0.4) is 0 Å². The van der Waals surface area contributed by atoms with Gasteiger partial charge in [-0.2, -0.15) is 0 Å². The Morgan fingerprint density at radius 3 is 2.50 bits per heavy atom. The molecule has 0 saturated carbocycles. The number of benzene rings is 2. The van der Waals surface area contributed by atoms with E-state index in [1.165, 1.54) is 12.1 Å². The van der Waals surface area contributed by atoms with Gasteiger partial charge >= 0.3 is 0 Å². The molecule has 0 bridgehead atoms. The Morgan fingerprint density at radius 1 is 1.20 bits per heavy atom. The van der Waals surface area contributed by atoms with E-state index in [0.29, 0.717) is 17.8 Å². The first-order chi connectivity index (χ1) is 9.49.